The van der Waals surface area contributed by atoms with Crippen molar-refractivity contribution in [2.75, 3.05) is 25.1 Å². The van der Waals surface area contributed by atoms with E-state index in [1.54, 1.807) is 18.2 Å². The minimum absolute atomic E-state index is 0.122. The second kappa shape index (κ2) is 8.22. The number of benzene rings is 2. The van der Waals surface area contributed by atoms with Crippen LogP contribution in [0.2, 0.25) is 5.02 Å². The molecule has 9 heteroatoms. The van der Waals surface area contributed by atoms with Crippen LogP contribution in [0.25, 0.3) is 0 Å². The second-order valence-corrected chi connectivity index (χ2v) is 9.26. The van der Waals surface area contributed by atoms with Gasteiger partial charge in [-0.3, -0.25) is 4.79 Å². The Balaban J connectivity index is 1.52. The van der Waals surface area contributed by atoms with Crippen molar-refractivity contribution in [3.8, 4) is 11.5 Å². The molecule has 0 spiro atoms. The number of amides is 1. The topological polar surface area (TPSA) is 84.9 Å². The van der Waals surface area contributed by atoms with Crippen LogP contribution in [0.5, 0.6) is 11.5 Å². The molecule has 2 aliphatic rings. The van der Waals surface area contributed by atoms with Crippen molar-refractivity contribution in [3.63, 3.8) is 0 Å². The lowest BCUT2D eigenvalue weighted by atomic mass is 10.2. The summed E-state index contributed by atoms with van der Waals surface area (Å²) in [4.78, 5) is 13.0. The molecule has 2 aromatic carbocycles. The highest BCUT2D eigenvalue weighted by Gasteiger charge is 2.39. The highest BCUT2D eigenvalue weighted by molar-refractivity contribution is 7.89. The summed E-state index contributed by atoms with van der Waals surface area (Å²) in [6.45, 7) is 1.42. The number of hydrogen-bond acceptors (Lipinski definition) is 5. The van der Waals surface area contributed by atoms with E-state index in [1.165, 1.54) is 28.6 Å². The highest BCUT2D eigenvalue weighted by Crippen LogP contribution is 2.33. The van der Waals surface area contributed by atoms with E-state index in [-0.39, 0.29) is 10.8 Å². The van der Waals surface area contributed by atoms with Crippen LogP contribution < -0.4 is 14.8 Å². The molecule has 29 heavy (non-hydrogen) atoms. The Morgan fingerprint density at radius 2 is 1.76 bits per heavy atom. The third-order valence-corrected chi connectivity index (χ3v) is 7.12. The number of nitrogens with one attached hydrogen (secondary N) is 1. The van der Waals surface area contributed by atoms with Crippen molar-refractivity contribution in [1.29, 1.82) is 0 Å². The summed E-state index contributed by atoms with van der Waals surface area (Å²) >= 11 is 5.86. The predicted octanol–water partition coefficient (Wildman–Crippen LogP) is 3.29. The van der Waals surface area contributed by atoms with Crippen molar-refractivity contribution in [2.24, 2.45) is 0 Å². The van der Waals surface area contributed by atoms with Crippen molar-refractivity contribution in [2.45, 2.75) is 30.2 Å². The van der Waals surface area contributed by atoms with Gasteiger partial charge in [0.15, 0.2) is 11.5 Å². The van der Waals surface area contributed by atoms with Gasteiger partial charge in [0, 0.05) is 29.7 Å². The molecule has 7 nitrogen and oxygen atoms in total. The van der Waals surface area contributed by atoms with Gasteiger partial charge in [-0.25, -0.2) is 8.42 Å². The molecule has 2 heterocycles. The normalized spacial score (nSPS) is 19.6. The van der Waals surface area contributed by atoms with Crippen LogP contribution in [0.4, 0.5) is 5.69 Å². The van der Waals surface area contributed by atoms with Crippen LogP contribution in [0.1, 0.15) is 19.3 Å². The zero-order chi connectivity index (χ0) is 20.4. The molecular weight excluding hydrogens is 416 g/mol. The van der Waals surface area contributed by atoms with E-state index in [2.05, 4.69) is 5.32 Å². The maximum Gasteiger partial charge on any atom is 0.243 e. The maximum atomic E-state index is 13.0. The fourth-order valence-electron chi connectivity index (χ4n) is 3.50. The van der Waals surface area contributed by atoms with E-state index in [0.29, 0.717) is 54.8 Å². The monoisotopic (exact) mass is 436 g/mol. The minimum atomic E-state index is -3.79. The molecule has 2 aromatic rings. The average molecular weight is 437 g/mol. The molecule has 0 saturated carbocycles. The molecule has 0 aromatic heterocycles. The molecule has 1 N–H and O–H groups in total. The van der Waals surface area contributed by atoms with E-state index in [9.17, 15) is 13.2 Å². The van der Waals surface area contributed by atoms with Gasteiger partial charge in [0.1, 0.15) is 6.04 Å². The number of carbonyl (C=O) groups excluding carboxylic acids is 1. The first kappa shape index (κ1) is 20.0. The summed E-state index contributed by atoms with van der Waals surface area (Å²) in [6.07, 6.45) is 1.87. The van der Waals surface area contributed by atoms with Crippen molar-refractivity contribution >= 4 is 33.2 Å². The van der Waals surface area contributed by atoms with E-state index in [1.807, 2.05) is 0 Å². The van der Waals surface area contributed by atoms with Gasteiger partial charge in [-0.1, -0.05) is 11.6 Å². The summed E-state index contributed by atoms with van der Waals surface area (Å²) < 4.78 is 38.5. The lowest BCUT2D eigenvalue weighted by Crippen LogP contribution is -2.43. The highest BCUT2D eigenvalue weighted by atomic mass is 35.5. The molecular formula is C20H21ClN2O5S. The van der Waals surface area contributed by atoms with E-state index in [4.69, 9.17) is 21.1 Å². The molecule has 0 unspecified atom stereocenters. The number of ether oxygens (including phenoxy) is 2. The van der Waals surface area contributed by atoms with Gasteiger partial charge in [0.25, 0.3) is 0 Å². The number of carbonyl (C=O) groups is 1. The fraction of sp³-hybridized carbons (Fsp3) is 0.350. The summed E-state index contributed by atoms with van der Waals surface area (Å²) in [5.41, 5.74) is 0.537. The standard InChI is InChI=1S/C20H21ClN2O5S/c21-14-4-7-16(8-5-14)29(25,26)23-10-1-3-17(23)20(24)22-15-6-9-18-19(13-15)28-12-2-11-27-18/h4-9,13,17H,1-3,10-12H2,(H,22,24)/t17-/m1/s1. The van der Waals surface area contributed by atoms with Gasteiger partial charge in [0.2, 0.25) is 15.9 Å². The largest absolute Gasteiger partial charge is 0.490 e. The van der Waals surface area contributed by atoms with Crippen molar-refractivity contribution < 1.29 is 22.7 Å². The van der Waals surface area contributed by atoms with Gasteiger partial charge in [-0.05, 0) is 49.2 Å². The molecule has 1 atom stereocenters. The third-order valence-electron chi connectivity index (χ3n) is 4.94. The Hall–Kier alpha value is -2.29. The van der Waals surface area contributed by atoms with E-state index < -0.39 is 16.1 Å². The number of halogens is 1. The number of anilines is 1. The van der Waals surface area contributed by atoms with Crippen LogP contribution in [0.3, 0.4) is 0 Å². The molecule has 1 amide bonds. The first-order chi connectivity index (χ1) is 13.9. The van der Waals surface area contributed by atoms with Gasteiger partial charge in [-0.15, -0.1) is 0 Å². The van der Waals surface area contributed by atoms with Crippen LogP contribution in [0.15, 0.2) is 47.4 Å². The van der Waals surface area contributed by atoms with E-state index in [0.717, 1.165) is 6.42 Å². The molecule has 0 aliphatic carbocycles. The van der Waals surface area contributed by atoms with Crippen molar-refractivity contribution in [1.82, 2.24) is 4.31 Å². The van der Waals surface area contributed by atoms with Gasteiger partial charge in [0.05, 0.1) is 18.1 Å². The third kappa shape index (κ3) is 4.19. The predicted molar refractivity (Wildman–Crippen MR) is 109 cm³/mol. The van der Waals surface area contributed by atoms with Crippen LogP contribution >= 0.6 is 11.6 Å². The van der Waals surface area contributed by atoms with E-state index >= 15 is 0 Å². The molecule has 1 fully saturated rings. The van der Waals surface area contributed by atoms with Gasteiger partial charge >= 0.3 is 0 Å². The quantitative estimate of drug-likeness (QED) is 0.794. The van der Waals surface area contributed by atoms with Crippen LogP contribution in [-0.2, 0) is 14.8 Å². The molecule has 1 saturated heterocycles. The number of rotatable bonds is 4. The molecule has 2 aliphatic heterocycles. The second-order valence-electron chi connectivity index (χ2n) is 6.93. The first-order valence-corrected chi connectivity index (χ1v) is 11.2. The Kier molecular flexibility index (Phi) is 5.67. The Morgan fingerprint density at radius 1 is 1.03 bits per heavy atom. The number of fused-ring (bicyclic) bond motifs is 1. The molecule has 154 valence electrons. The van der Waals surface area contributed by atoms with Crippen LogP contribution in [0, 0.1) is 0 Å². The SMILES string of the molecule is O=C(Nc1ccc2c(c1)OCCCO2)[C@H]1CCCN1S(=O)(=O)c1ccc(Cl)cc1. The molecule has 0 bridgehead atoms. The smallest absolute Gasteiger partial charge is 0.243 e. The average Bonchev–Trinajstić information content (AvgIpc) is 3.09. The first-order valence-electron chi connectivity index (χ1n) is 9.43. The summed E-state index contributed by atoms with van der Waals surface area (Å²) in [7, 11) is -3.79. The van der Waals surface area contributed by atoms with Gasteiger partial charge < -0.3 is 14.8 Å². The molecule has 4 rings (SSSR count). The lowest BCUT2D eigenvalue weighted by molar-refractivity contribution is -0.119. The summed E-state index contributed by atoms with van der Waals surface area (Å²) in [5, 5.41) is 3.27. The Bertz CT molecular complexity index is 1010. The Labute approximate surface area is 174 Å². The van der Waals surface area contributed by atoms with Crippen molar-refractivity contribution in [3.05, 3.63) is 47.5 Å². The fourth-order valence-corrected chi connectivity index (χ4v) is 5.28. The zero-order valence-electron chi connectivity index (χ0n) is 15.6. The summed E-state index contributed by atoms with van der Waals surface area (Å²) in [6, 6.07) is 10.3. The summed E-state index contributed by atoms with van der Waals surface area (Å²) in [5.74, 6) is 0.834. The van der Waals surface area contributed by atoms with Crippen LogP contribution in [-0.4, -0.2) is 44.4 Å². The number of sulfonamides is 1. The van der Waals surface area contributed by atoms with Gasteiger partial charge in [-0.2, -0.15) is 4.31 Å². The minimum Gasteiger partial charge on any atom is -0.490 e. The number of hydrogen-bond donors (Lipinski definition) is 1. The maximum absolute atomic E-state index is 13.0. The zero-order valence-corrected chi connectivity index (χ0v) is 17.2. The lowest BCUT2D eigenvalue weighted by Gasteiger charge is -2.23. The number of nitrogens with zero attached hydrogens (tertiary/aromatic N) is 1. The molecule has 0 radical (unpaired) electrons. The Morgan fingerprint density at radius 3 is 2.52 bits per heavy atom.